The molecule has 5 heteroatoms. The number of carbonyl (C=O) groups excluding carboxylic acids is 1. The average molecular weight is 357 g/mol. The molecule has 0 fully saturated rings. The van der Waals surface area contributed by atoms with Crippen LogP contribution in [0.5, 0.6) is 0 Å². The number of hydrogen-bond donors (Lipinski definition) is 1. The van der Waals surface area contributed by atoms with Crippen molar-refractivity contribution in [1.29, 1.82) is 0 Å². The number of rotatable bonds is 5. The molecule has 2 aromatic carbocycles. The van der Waals surface area contributed by atoms with Crippen molar-refractivity contribution < 1.29 is 9.18 Å². The Labute approximate surface area is 151 Å². The lowest BCUT2D eigenvalue weighted by Gasteiger charge is -2.20. The molecular formula is C20H18ClFN2O. The summed E-state index contributed by atoms with van der Waals surface area (Å²) in [6.07, 6.45) is 4.03. The summed E-state index contributed by atoms with van der Waals surface area (Å²) in [7, 11) is 0. The second-order valence-electron chi connectivity index (χ2n) is 5.94. The Balaban J connectivity index is 1.82. The normalized spacial score (nSPS) is 12.0. The van der Waals surface area contributed by atoms with E-state index in [2.05, 4.69) is 11.4 Å². The molecule has 1 heterocycles. The van der Waals surface area contributed by atoms with Crippen molar-refractivity contribution in [3.8, 4) is 0 Å². The van der Waals surface area contributed by atoms with Crippen molar-refractivity contribution in [2.24, 2.45) is 0 Å². The first-order chi connectivity index (χ1) is 12.0. The van der Waals surface area contributed by atoms with Crippen LogP contribution in [0.1, 0.15) is 23.6 Å². The quantitative estimate of drug-likeness (QED) is 0.669. The molecule has 0 bridgehead atoms. The highest BCUT2D eigenvalue weighted by molar-refractivity contribution is 6.30. The minimum absolute atomic E-state index is 0.130. The van der Waals surface area contributed by atoms with Crippen LogP contribution in [0.2, 0.25) is 5.02 Å². The maximum atomic E-state index is 13.9. The topological polar surface area (TPSA) is 34.0 Å². The molecule has 128 valence electrons. The maximum absolute atomic E-state index is 13.9. The lowest BCUT2D eigenvalue weighted by molar-refractivity contribution is -0.116. The van der Waals surface area contributed by atoms with Gasteiger partial charge in [-0.3, -0.25) is 4.79 Å². The van der Waals surface area contributed by atoms with Gasteiger partial charge in [-0.2, -0.15) is 0 Å². The molecule has 25 heavy (non-hydrogen) atoms. The van der Waals surface area contributed by atoms with E-state index in [9.17, 15) is 9.18 Å². The summed E-state index contributed by atoms with van der Waals surface area (Å²) >= 11 is 5.74. The number of benzene rings is 2. The van der Waals surface area contributed by atoms with E-state index in [-0.39, 0.29) is 24.1 Å². The van der Waals surface area contributed by atoms with Crippen LogP contribution >= 0.6 is 11.6 Å². The van der Waals surface area contributed by atoms with Crippen molar-refractivity contribution >= 4 is 23.2 Å². The number of halogens is 2. The number of nitrogens with one attached hydrogen (secondary N) is 1. The molecule has 1 aromatic heterocycles. The third-order valence-corrected chi connectivity index (χ3v) is 4.23. The summed E-state index contributed by atoms with van der Waals surface area (Å²) in [5, 5.41) is 2.92. The molecule has 0 saturated heterocycles. The van der Waals surface area contributed by atoms with Crippen LogP contribution in [0.25, 0.3) is 0 Å². The van der Waals surface area contributed by atoms with Gasteiger partial charge in [0.1, 0.15) is 5.82 Å². The number of hydrogen-bond acceptors (Lipinski definition) is 1. The zero-order valence-corrected chi connectivity index (χ0v) is 14.5. The molecule has 3 aromatic rings. The summed E-state index contributed by atoms with van der Waals surface area (Å²) < 4.78 is 15.9. The summed E-state index contributed by atoms with van der Waals surface area (Å²) in [6, 6.07) is 15.9. The number of aryl methyl sites for hydroxylation is 1. The Morgan fingerprint density at radius 3 is 2.60 bits per heavy atom. The lowest BCUT2D eigenvalue weighted by atomic mass is 10.0. The zero-order chi connectivity index (χ0) is 17.8. The number of anilines is 1. The third-order valence-electron chi connectivity index (χ3n) is 4.00. The number of carbonyl (C=O) groups is 1. The highest BCUT2D eigenvalue weighted by Crippen LogP contribution is 2.25. The van der Waals surface area contributed by atoms with Crippen molar-refractivity contribution in [2.45, 2.75) is 19.4 Å². The van der Waals surface area contributed by atoms with E-state index < -0.39 is 5.82 Å². The number of amides is 1. The summed E-state index contributed by atoms with van der Waals surface area (Å²) in [4.78, 5) is 12.5. The second-order valence-corrected chi connectivity index (χ2v) is 6.37. The number of nitrogens with zero attached hydrogens (tertiary/aromatic N) is 1. The highest BCUT2D eigenvalue weighted by Gasteiger charge is 2.18. The van der Waals surface area contributed by atoms with Gasteiger partial charge in [0.05, 0.1) is 18.2 Å². The predicted octanol–water partition coefficient (Wildman–Crippen LogP) is 5.21. The SMILES string of the molecule is Cc1cccc(C(CC(=O)Nc2ccc(Cl)cc2F)n2cccc2)c1. The van der Waals surface area contributed by atoms with Gasteiger partial charge in [-0.15, -0.1) is 0 Å². The molecule has 0 saturated carbocycles. The predicted molar refractivity (Wildman–Crippen MR) is 98.4 cm³/mol. The fourth-order valence-corrected chi connectivity index (χ4v) is 2.95. The number of aromatic nitrogens is 1. The van der Waals surface area contributed by atoms with Crippen LogP contribution in [0, 0.1) is 12.7 Å². The summed E-state index contributed by atoms with van der Waals surface area (Å²) in [5.41, 5.74) is 2.28. The van der Waals surface area contributed by atoms with E-state index in [1.165, 1.54) is 12.1 Å². The first-order valence-corrected chi connectivity index (χ1v) is 8.34. The summed E-state index contributed by atoms with van der Waals surface area (Å²) in [6.45, 7) is 2.01. The summed E-state index contributed by atoms with van der Waals surface area (Å²) in [5.74, 6) is -0.810. The molecule has 0 aliphatic rings. The van der Waals surface area contributed by atoms with Crippen LogP contribution in [0.4, 0.5) is 10.1 Å². The van der Waals surface area contributed by atoms with Gasteiger partial charge in [0.25, 0.3) is 0 Å². The standard InChI is InChI=1S/C20H18ClFN2O/c1-14-5-4-6-15(11-14)19(24-9-2-3-10-24)13-20(25)23-18-8-7-16(21)12-17(18)22/h2-12,19H,13H2,1H3,(H,23,25). The Hall–Kier alpha value is -2.59. The average Bonchev–Trinajstić information content (AvgIpc) is 3.09. The van der Waals surface area contributed by atoms with Gasteiger partial charge in [0.15, 0.2) is 0 Å². The van der Waals surface area contributed by atoms with Gasteiger partial charge < -0.3 is 9.88 Å². The van der Waals surface area contributed by atoms with Crippen LogP contribution in [0.15, 0.2) is 67.0 Å². The smallest absolute Gasteiger partial charge is 0.226 e. The van der Waals surface area contributed by atoms with Crippen LogP contribution in [0.3, 0.4) is 0 Å². The van der Waals surface area contributed by atoms with Gasteiger partial charge in [0.2, 0.25) is 5.91 Å². The van der Waals surface area contributed by atoms with E-state index in [1.54, 1.807) is 6.07 Å². The molecule has 3 rings (SSSR count). The van der Waals surface area contributed by atoms with Crippen LogP contribution in [-0.4, -0.2) is 10.5 Å². The Kier molecular flexibility index (Phi) is 5.19. The van der Waals surface area contributed by atoms with Gasteiger partial charge in [0, 0.05) is 17.4 Å². The first kappa shape index (κ1) is 17.2. The highest BCUT2D eigenvalue weighted by atomic mass is 35.5. The zero-order valence-electron chi connectivity index (χ0n) is 13.7. The van der Waals surface area contributed by atoms with E-state index in [4.69, 9.17) is 11.6 Å². The molecule has 1 atom stereocenters. The Bertz CT molecular complexity index is 877. The molecule has 1 N–H and O–H groups in total. The van der Waals surface area contributed by atoms with E-state index in [0.29, 0.717) is 5.02 Å². The molecule has 0 radical (unpaired) electrons. The fraction of sp³-hybridized carbons (Fsp3) is 0.150. The molecule has 0 aliphatic heterocycles. The van der Waals surface area contributed by atoms with E-state index >= 15 is 0 Å². The second kappa shape index (κ2) is 7.53. The van der Waals surface area contributed by atoms with Gasteiger partial charge in [-0.1, -0.05) is 41.4 Å². The third kappa shape index (κ3) is 4.28. The minimum atomic E-state index is -0.547. The van der Waals surface area contributed by atoms with Gasteiger partial charge in [-0.05, 0) is 42.8 Å². The van der Waals surface area contributed by atoms with Gasteiger partial charge in [-0.25, -0.2) is 4.39 Å². The van der Waals surface area contributed by atoms with Crippen LogP contribution in [-0.2, 0) is 4.79 Å². The molecule has 1 amide bonds. The molecule has 0 spiro atoms. The van der Waals surface area contributed by atoms with Crippen molar-refractivity contribution in [1.82, 2.24) is 4.57 Å². The molecule has 3 nitrogen and oxygen atoms in total. The van der Waals surface area contributed by atoms with Crippen molar-refractivity contribution in [2.75, 3.05) is 5.32 Å². The lowest BCUT2D eigenvalue weighted by Crippen LogP contribution is -2.20. The molecule has 1 unspecified atom stereocenters. The van der Waals surface area contributed by atoms with Crippen molar-refractivity contribution in [3.63, 3.8) is 0 Å². The molecule has 0 aliphatic carbocycles. The minimum Gasteiger partial charge on any atom is -0.346 e. The Morgan fingerprint density at radius 1 is 1.16 bits per heavy atom. The molecular weight excluding hydrogens is 339 g/mol. The van der Waals surface area contributed by atoms with Gasteiger partial charge >= 0.3 is 0 Å². The van der Waals surface area contributed by atoms with Crippen LogP contribution < -0.4 is 5.32 Å². The Morgan fingerprint density at radius 2 is 1.92 bits per heavy atom. The monoisotopic (exact) mass is 356 g/mol. The van der Waals surface area contributed by atoms with E-state index in [1.807, 2.05) is 54.2 Å². The largest absolute Gasteiger partial charge is 0.346 e. The maximum Gasteiger partial charge on any atom is 0.226 e. The fourth-order valence-electron chi connectivity index (χ4n) is 2.80. The first-order valence-electron chi connectivity index (χ1n) is 7.97. The van der Waals surface area contributed by atoms with E-state index in [0.717, 1.165) is 11.1 Å². The van der Waals surface area contributed by atoms with Crippen molar-refractivity contribution in [3.05, 3.63) is 89.0 Å².